The van der Waals surface area contributed by atoms with E-state index in [2.05, 4.69) is 240 Å². The number of hydrogen-bond acceptors (Lipinski definition) is 5. The van der Waals surface area contributed by atoms with E-state index in [0.717, 1.165) is 34.1 Å². The Morgan fingerprint density at radius 3 is 1.12 bits per heavy atom. The van der Waals surface area contributed by atoms with Crippen LogP contribution in [0.5, 0.6) is 0 Å². The molecule has 65 heavy (non-hydrogen) atoms. The summed E-state index contributed by atoms with van der Waals surface area (Å²) in [5.74, 6) is 0. The van der Waals surface area contributed by atoms with E-state index < -0.39 is 0 Å². The summed E-state index contributed by atoms with van der Waals surface area (Å²) < 4.78 is 7.69. The van der Waals surface area contributed by atoms with Crippen molar-refractivity contribution in [2.45, 2.75) is 0 Å². The molecule has 0 fully saturated rings. The lowest BCUT2D eigenvalue weighted by Crippen LogP contribution is -2.13. The molecule has 3 heterocycles. The third-order valence-corrected chi connectivity index (χ3v) is 16.2. The quantitative estimate of drug-likeness (QED) is 0.150. The minimum absolute atomic E-state index is 1.09. The van der Waals surface area contributed by atoms with Gasteiger partial charge in [-0.1, -0.05) is 140 Å². The van der Waals surface area contributed by atoms with Gasteiger partial charge in [0, 0.05) is 84.3 Å². The molecule has 0 amide bonds. The predicted octanol–water partition coefficient (Wildman–Crippen LogP) is 19.1. The Hall–Kier alpha value is -7.54. The summed E-state index contributed by atoms with van der Waals surface area (Å²) in [6.07, 6.45) is 0. The highest BCUT2D eigenvalue weighted by molar-refractivity contribution is 7.27. The van der Waals surface area contributed by atoms with Crippen molar-refractivity contribution in [3.05, 3.63) is 231 Å². The van der Waals surface area contributed by atoms with Crippen LogP contribution in [0.2, 0.25) is 0 Å². The van der Waals surface area contributed by atoms with Crippen LogP contribution in [0.15, 0.2) is 231 Å². The smallest absolute Gasteiger partial charge is 0.0661 e. The van der Waals surface area contributed by atoms with E-state index in [-0.39, 0.29) is 0 Å². The van der Waals surface area contributed by atoms with Crippen LogP contribution in [-0.4, -0.2) is 0 Å². The van der Waals surface area contributed by atoms with Crippen LogP contribution in [0, 0.1) is 0 Å². The van der Waals surface area contributed by atoms with E-state index >= 15 is 0 Å². The molecule has 0 unspecified atom stereocenters. The second-order valence-electron chi connectivity index (χ2n) is 16.5. The van der Waals surface area contributed by atoms with Gasteiger partial charge in [0.15, 0.2) is 0 Å². The van der Waals surface area contributed by atoms with Gasteiger partial charge in [-0.2, -0.15) is 0 Å². The molecule has 13 aromatic rings. The summed E-state index contributed by atoms with van der Waals surface area (Å²) in [6.45, 7) is 0. The van der Waals surface area contributed by atoms with Crippen LogP contribution in [0.4, 0.5) is 34.1 Å². The Balaban J connectivity index is 1.08. The first kappa shape index (κ1) is 38.0. The van der Waals surface area contributed by atoms with Crippen LogP contribution in [0.3, 0.4) is 0 Å². The number of benzene rings is 10. The van der Waals surface area contributed by atoms with Gasteiger partial charge >= 0.3 is 0 Å². The van der Waals surface area contributed by atoms with E-state index in [0.29, 0.717) is 0 Å². The number of nitrogens with zero attached hydrogens (tertiary/aromatic N) is 2. The fourth-order valence-electron chi connectivity index (χ4n) is 9.54. The maximum absolute atomic E-state index is 2.49. The minimum Gasteiger partial charge on any atom is -0.310 e. The van der Waals surface area contributed by atoms with E-state index in [9.17, 15) is 0 Å². The summed E-state index contributed by atoms with van der Waals surface area (Å²) in [7, 11) is 0. The van der Waals surface area contributed by atoms with Crippen molar-refractivity contribution in [3.8, 4) is 22.3 Å². The van der Waals surface area contributed by atoms with Crippen molar-refractivity contribution < 1.29 is 0 Å². The van der Waals surface area contributed by atoms with Gasteiger partial charge in [-0.3, -0.25) is 0 Å². The molecule has 0 saturated carbocycles. The van der Waals surface area contributed by atoms with Gasteiger partial charge in [0.25, 0.3) is 0 Å². The molecule has 3 aromatic heterocycles. The summed E-state index contributed by atoms with van der Waals surface area (Å²) in [5, 5.41) is 7.61. The minimum atomic E-state index is 1.09. The zero-order chi connectivity index (χ0) is 42.8. The largest absolute Gasteiger partial charge is 0.310 e. The molecule has 0 bridgehead atoms. The summed E-state index contributed by atoms with van der Waals surface area (Å²) >= 11 is 5.59. The van der Waals surface area contributed by atoms with Gasteiger partial charge in [0.2, 0.25) is 0 Å². The van der Waals surface area contributed by atoms with Crippen LogP contribution in [0.25, 0.3) is 82.8 Å². The normalized spacial score (nSPS) is 11.7. The van der Waals surface area contributed by atoms with Crippen LogP contribution < -0.4 is 9.80 Å². The maximum Gasteiger partial charge on any atom is 0.0661 e. The fourth-order valence-corrected chi connectivity index (χ4v) is 12.9. The zero-order valence-electron chi connectivity index (χ0n) is 35.1. The SMILES string of the molecule is c1ccc(-c2ccc(N(c3ccc4sc5ccccc5c4c3)c3cc(N(c4ccc(-c5ccccc5)cc4)c4ccc5sc6ccccc6c5c4)c4sc5ccccc5c4c3)cc2)cc1. The summed E-state index contributed by atoms with van der Waals surface area (Å²) in [4.78, 5) is 4.95. The number of anilines is 6. The molecule has 0 aliphatic rings. The van der Waals surface area contributed by atoms with E-state index in [1.54, 1.807) is 0 Å². The molecule has 13 rings (SSSR count). The molecule has 0 atom stereocenters. The summed E-state index contributed by atoms with van der Waals surface area (Å²) in [5.41, 5.74) is 11.4. The number of thiophene rings is 3. The molecule has 2 nitrogen and oxygen atoms in total. The Labute approximate surface area is 388 Å². The van der Waals surface area contributed by atoms with Crippen LogP contribution in [-0.2, 0) is 0 Å². The molecule has 0 aliphatic carbocycles. The van der Waals surface area contributed by atoms with Crippen molar-refractivity contribution >= 4 is 129 Å². The molecule has 10 aromatic carbocycles. The topological polar surface area (TPSA) is 6.48 Å². The van der Waals surface area contributed by atoms with Gasteiger partial charge in [0.1, 0.15) is 0 Å². The van der Waals surface area contributed by atoms with E-state index in [1.807, 2.05) is 34.0 Å². The highest BCUT2D eigenvalue weighted by Crippen LogP contribution is 2.51. The van der Waals surface area contributed by atoms with Crippen LogP contribution >= 0.6 is 34.0 Å². The lowest BCUT2D eigenvalue weighted by atomic mass is 10.0. The molecule has 306 valence electrons. The second-order valence-corrected chi connectivity index (χ2v) is 19.7. The Morgan fingerprint density at radius 1 is 0.231 bits per heavy atom. The molecule has 0 saturated heterocycles. The molecular weight excluding hydrogens is 845 g/mol. The van der Waals surface area contributed by atoms with Gasteiger partial charge in [-0.05, 0) is 113 Å². The lowest BCUT2D eigenvalue weighted by molar-refractivity contribution is 1.27. The first-order valence-corrected chi connectivity index (χ1v) is 24.3. The second kappa shape index (κ2) is 15.6. The van der Waals surface area contributed by atoms with Gasteiger partial charge in [-0.25, -0.2) is 0 Å². The van der Waals surface area contributed by atoms with Crippen molar-refractivity contribution in [3.63, 3.8) is 0 Å². The average molecular weight is 883 g/mol. The molecule has 0 N–H and O–H groups in total. The van der Waals surface area contributed by atoms with Crippen molar-refractivity contribution in [1.82, 2.24) is 0 Å². The Morgan fingerprint density at radius 2 is 0.600 bits per heavy atom. The average Bonchev–Trinajstić information content (AvgIpc) is 4.06. The first-order valence-electron chi connectivity index (χ1n) is 21.9. The predicted molar refractivity (Wildman–Crippen MR) is 285 cm³/mol. The number of rotatable bonds is 8. The third-order valence-electron chi connectivity index (χ3n) is 12.6. The Bertz CT molecular complexity index is 3880. The standard InChI is InChI=1S/C60H38N2S3/c1-3-13-39(14-4-1)41-23-27-43(28-24-41)61(45-31-33-58-51(35-45)48-17-7-10-20-55(48)63-58)47-37-53-50-19-9-12-22-57(50)65-60(53)54(38-47)62(44-29-25-42(26-30-44)40-15-5-2-6-16-40)46-32-34-59-52(36-46)49-18-8-11-21-56(49)64-59/h1-38H. The van der Waals surface area contributed by atoms with E-state index in [1.165, 1.54) is 82.8 Å². The summed E-state index contributed by atoms with van der Waals surface area (Å²) in [6, 6.07) is 84.9. The van der Waals surface area contributed by atoms with Crippen molar-refractivity contribution in [2.24, 2.45) is 0 Å². The maximum atomic E-state index is 2.49. The third kappa shape index (κ3) is 6.59. The van der Waals surface area contributed by atoms with E-state index in [4.69, 9.17) is 0 Å². The van der Waals surface area contributed by atoms with Gasteiger partial charge in [0.05, 0.1) is 10.4 Å². The fraction of sp³-hybridized carbons (Fsp3) is 0. The van der Waals surface area contributed by atoms with Crippen LogP contribution in [0.1, 0.15) is 0 Å². The van der Waals surface area contributed by atoms with Crippen molar-refractivity contribution in [1.29, 1.82) is 0 Å². The highest BCUT2D eigenvalue weighted by Gasteiger charge is 2.24. The first-order chi connectivity index (χ1) is 32.2. The zero-order valence-corrected chi connectivity index (χ0v) is 37.5. The van der Waals surface area contributed by atoms with Gasteiger partial charge in [-0.15, -0.1) is 34.0 Å². The van der Waals surface area contributed by atoms with Gasteiger partial charge < -0.3 is 9.80 Å². The molecule has 0 radical (unpaired) electrons. The highest BCUT2D eigenvalue weighted by atomic mass is 32.1. The van der Waals surface area contributed by atoms with Crippen molar-refractivity contribution in [2.75, 3.05) is 9.80 Å². The Kier molecular flexibility index (Phi) is 9.12. The monoisotopic (exact) mass is 882 g/mol. The number of hydrogen-bond donors (Lipinski definition) is 0. The number of fused-ring (bicyclic) bond motifs is 9. The molecule has 0 spiro atoms. The molecular formula is C60H38N2S3. The lowest BCUT2D eigenvalue weighted by Gasteiger charge is -2.30. The molecule has 5 heteroatoms. The molecule has 0 aliphatic heterocycles.